The number of hydrogen-bond donors (Lipinski definition) is 1. The van der Waals surface area contributed by atoms with E-state index in [1.54, 1.807) is 0 Å². The van der Waals surface area contributed by atoms with E-state index >= 15 is 0 Å². The first-order valence-electron chi connectivity index (χ1n) is 7.95. The number of hydrogen-bond acceptors (Lipinski definition) is 4. The van der Waals surface area contributed by atoms with Gasteiger partial charge in [0.05, 0.1) is 12.2 Å². The van der Waals surface area contributed by atoms with E-state index in [4.69, 9.17) is 9.47 Å². The molecule has 0 radical (unpaired) electrons. The van der Waals surface area contributed by atoms with E-state index < -0.39 is 0 Å². The molecule has 0 aliphatic carbocycles. The zero-order chi connectivity index (χ0) is 13.6. The van der Waals surface area contributed by atoms with Gasteiger partial charge in [0, 0.05) is 38.8 Å². The van der Waals surface area contributed by atoms with Crippen LogP contribution >= 0.6 is 0 Å². The summed E-state index contributed by atoms with van der Waals surface area (Å²) in [4.78, 5) is 2.51. The molecule has 2 aliphatic rings. The zero-order valence-electron chi connectivity index (χ0n) is 12.6. The maximum Gasteiger partial charge on any atom is 0.0951 e. The standard InChI is InChI=1S/C15H30N2O2/c1-3-8-17(4-2)9-7-16-14-5-10-19-15(12-14)6-11-18-13-15/h14,16H,3-13H2,1-2H3. The Kier molecular flexibility index (Phi) is 6.07. The lowest BCUT2D eigenvalue weighted by Gasteiger charge is -2.37. The normalized spacial score (nSPS) is 31.4. The van der Waals surface area contributed by atoms with Crippen LogP contribution in [0.25, 0.3) is 0 Å². The Balaban J connectivity index is 1.68. The van der Waals surface area contributed by atoms with E-state index in [9.17, 15) is 0 Å². The molecule has 0 aromatic heterocycles. The van der Waals surface area contributed by atoms with Crippen molar-refractivity contribution in [1.82, 2.24) is 10.2 Å². The molecule has 0 bridgehead atoms. The van der Waals surface area contributed by atoms with Crippen LogP contribution in [0.1, 0.15) is 39.5 Å². The fourth-order valence-corrected chi connectivity index (χ4v) is 3.24. The Hall–Kier alpha value is -0.160. The summed E-state index contributed by atoms with van der Waals surface area (Å²) in [7, 11) is 0. The van der Waals surface area contributed by atoms with Gasteiger partial charge < -0.3 is 19.7 Å². The van der Waals surface area contributed by atoms with Crippen LogP contribution in [0.5, 0.6) is 0 Å². The minimum absolute atomic E-state index is 0.0315. The minimum atomic E-state index is 0.0315. The molecule has 0 aromatic carbocycles. The largest absolute Gasteiger partial charge is 0.378 e. The molecule has 2 unspecified atom stereocenters. The first-order valence-corrected chi connectivity index (χ1v) is 7.95. The van der Waals surface area contributed by atoms with Crippen molar-refractivity contribution in [1.29, 1.82) is 0 Å². The van der Waals surface area contributed by atoms with Crippen molar-refractivity contribution in [2.75, 3.05) is 46.0 Å². The number of ether oxygens (including phenoxy) is 2. The third kappa shape index (κ3) is 4.42. The van der Waals surface area contributed by atoms with E-state index in [1.807, 2.05) is 0 Å². The second kappa shape index (κ2) is 7.58. The summed E-state index contributed by atoms with van der Waals surface area (Å²) in [6.45, 7) is 11.7. The summed E-state index contributed by atoms with van der Waals surface area (Å²) < 4.78 is 11.5. The van der Waals surface area contributed by atoms with Gasteiger partial charge in [0.1, 0.15) is 0 Å². The molecule has 2 fully saturated rings. The lowest BCUT2D eigenvalue weighted by molar-refractivity contribution is -0.0893. The van der Waals surface area contributed by atoms with Crippen molar-refractivity contribution in [2.45, 2.75) is 51.2 Å². The van der Waals surface area contributed by atoms with Gasteiger partial charge in [-0.15, -0.1) is 0 Å². The zero-order valence-corrected chi connectivity index (χ0v) is 12.6. The molecular weight excluding hydrogens is 240 g/mol. The highest BCUT2D eigenvalue weighted by Gasteiger charge is 2.40. The molecule has 1 spiro atoms. The number of likely N-dealkylation sites (N-methyl/N-ethyl adjacent to an activating group) is 1. The van der Waals surface area contributed by atoms with Crippen LogP contribution in [0.3, 0.4) is 0 Å². The van der Waals surface area contributed by atoms with Gasteiger partial charge in [-0.2, -0.15) is 0 Å². The fraction of sp³-hybridized carbons (Fsp3) is 1.00. The predicted molar refractivity (Wildman–Crippen MR) is 77.5 cm³/mol. The van der Waals surface area contributed by atoms with Gasteiger partial charge in [-0.25, -0.2) is 0 Å². The number of nitrogens with zero attached hydrogens (tertiary/aromatic N) is 1. The van der Waals surface area contributed by atoms with Crippen LogP contribution in [0.4, 0.5) is 0 Å². The smallest absolute Gasteiger partial charge is 0.0951 e. The highest BCUT2D eigenvalue weighted by molar-refractivity contribution is 4.92. The molecule has 2 atom stereocenters. The number of nitrogens with one attached hydrogen (secondary N) is 1. The number of rotatable bonds is 7. The molecule has 0 amide bonds. The third-order valence-corrected chi connectivity index (χ3v) is 4.41. The molecule has 2 rings (SSSR count). The van der Waals surface area contributed by atoms with Gasteiger partial charge in [-0.1, -0.05) is 13.8 Å². The van der Waals surface area contributed by atoms with E-state index in [0.717, 1.165) is 58.7 Å². The maximum atomic E-state index is 5.97. The van der Waals surface area contributed by atoms with Crippen LogP contribution < -0.4 is 5.32 Å². The lowest BCUT2D eigenvalue weighted by atomic mass is 9.90. The van der Waals surface area contributed by atoms with Crippen molar-refractivity contribution in [3.8, 4) is 0 Å². The topological polar surface area (TPSA) is 33.7 Å². The van der Waals surface area contributed by atoms with Gasteiger partial charge in [0.15, 0.2) is 0 Å². The fourth-order valence-electron chi connectivity index (χ4n) is 3.24. The van der Waals surface area contributed by atoms with E-state index in [2.05, 4.69) is 24.1 Å². The average Bonchev–Trinajstić information content (AvgIpc) is 2.86. The molecule has 112 valence electrons. The summed E-state index contributed by atoms with van der Waals surface area (Å²) >= 11 is 0. The van der Waals surface area contributed by atoms with Crippen LogP contribution in [-0.2, 0) is 9.47 Å². The van der Waals surface area contributed by atoms with Gasteiger partial charge >= 0.3 is 0 Å². The Bertz CT molecular complexity index is 255. The predicted octanol–water partition coefficient (Wildman–Crippen LogP) is 1.65. The van der Waals surface area contributed by atoms with Crippen molar-refractivity contribution in [2.24, 2.45) is 0 Å². The SMILES string of the molecule is CCCN(CC)CCNC1CCOC2(CCOC2)C1. The Morgan fingerprint density at radius 3 is 2.84 bits per heavy atom. The summed E-state index contributed by atoms with van der Waals surface area (Å²) in [5.74, 6) is 0. The van der Waals surface area contributed by atoms with Crippen LogP contribution in [-0.4, -0.2) is 62.5 Å². The van der Waals surface area contributed by atoms with Gasteiger partial charge in [0.2, 0.25) is 0 Å². The van der Waals surface area contributed by atoms with Crippen molar-refractivity contribution in [3.63, 3.8) is 0 Å². The molecule has 19 heavy (non-hydrogen) atoms. The van der Waals surface area contributed by atoms with Gasteiger partial charge in [-0.05, 0) is 32.4 Å². The Morgan fingerprint density at radius 2 is 2.16 bits per heavy atom. The second-order valence-corrected chi connectivity index (χ2v) is 5.91. The summed E-state index contributed by atoms with van der Waals surface area (Å²) in [5.41, 5.74) is 0.0315. The lowest BCUT2D eigenvalue weighted by Crippen LogP contribution is -2.48. The van der Waals surface area contributed by atoms with E-state index in [0.29, 0.717) is 6.04 Å². The average molecular weight is 270 g/mol. The Labute approximate surface area is 117 Å². The highest BCUT2D eigenvalue weighted by Crippen LogP contribution is 2.32. The van der Waals surface area contributed by atoms with Crippen molar-refractivity contribution < 1.29 is 9.47 Å². The quantitative estimate of drug-likeness (QED) is 0.762. The summed E-state index contributed by atoms with van der Waals surface area (Å²) in [6.07, 6.45) is 4.57. The maximum absolute atomic E-state index is 5.97. The van der Waals surface area contributed by atoms with E-state index in [-0.39, 0.29) is 5.60 Å². The van der Waals surface area contributed by atoms with Gasteiger partial charge in [0.25, 0.3) is 0 Å². The first kappa shape index (κ1) is 15.2. The molecule has 2 saturated heterocycles. The minimum Gasteiger partial charge on any atom is -0.378 e. The summed E-state index contributed by atoms with van der Waals surface area (Å²) in [5, 5.41) is 3.72. The first-order chi connectivity index (χ1) is 9.28. The third-order valence-electron chi connectivity index (χ3n) is 4.41. The molecule has 0 saturated carbocycles. The Morgan fingerprint density at radius 1 is 1.26 bits per heavy atom. The molecule has 4 nitrogen and oxygen atoms in total. The molecule has 2 heterocycles. The molecule has 1 N–H and O–H groups in total. The highest BCUT2D eigenvalue weighted by atomic mass is 16.6. The van der Waals surface area contributed by atoms with Crippen molar-refractivity contribution in [3.05, 3.63) is 0 Å². The molecule has 2 aliphatic heterocycles. The van der Waals surface area contributed by atoms with Crippen LogP contribution in [0, 0.1) is 0 Å². The molecular formula is C15H30N2O2. The van der Waals surface area contributed by atoms with Crippen LogP contribution in [0.2, 0.25) is 0 Å². The second-order valence-electron chi connectivity index (χ2n) is 5.91. The summed E-state index contributed by atoms with van der Waals surface area (Å²) in [6, 6.07) is 0.607. The van der Waals surface area contributed by atoms with E-state index in [1.165, 1.54) is 13.0 Å². The van der Waals surface area contributed by atoms with Crippen LogP contribution in [0.15, 0.2) is 0 Å². The molecule has 4 heteroatoms. The van der Waals surface area contributed by atoms with Gasteiger partial charge in [-0.3, -0.25) is 0 Å². The monoisotopic (exact) mass is 270 g/mol. The van der Waals surface area contributed by atoms with Crippen molar-refractivity contribution >= 4 is 0 Å². The molecule has 0 aromatic rings.